The van der Waals surface area contributed by atoms with Crippen LogP contribution in [0.5, 0.6) is 0 Å². The summed E-state index contributed by atoms with van der Waals surface area (Å²) in [6.07, 6.45) is 44.6. The third-order valence-electron chi connectivity index (χ3n) is 11.0. The second kappa shape index (κ2) is 52.0. The number of aliphatic hydroxyl groups excluding tert-OH is 2. The van der Waals surface area contributed by atoms with Crippen LogP contribution in [0.15, 0.2) is 24.3 Å². The minimum atomic E-state index is -0.317. The van der Waals surface area contributed by atoms with Crippen LogP contribution in [0.2, 0.25) is 0 Å². The maximum absolute atomic E-state index is 8.95. The molecule has 1 atom stereocenters. The molecule has 10 heteroatoms. The van der Waals surface area contributed by atoms with E-state index in [1.807, 2.05) is 0 Å². The highest BCUT2D eigenvalue weighted by Crippen LogP contribution is 2.15. The number of rotatable bonds is 51. The topological polar surface area (TPSA) is 95.8 Å². The highest BCUT2D eigenvalue weighted by Gasteiger charge is 2.23. The molecule has 0 rings (SSSR count). The van der Waals surface area contributed by atoms with Gasteiger partial charge in [-0.05, 0) is 77.0 Å². The van der Waals surface area contributed by atoms with Crippen LogP contribution >= 0.6 is 0 Å². The molecule has 2 N–H and O–H groups in total. The van der Waals surface area contributed by atoms with Crippen LogP contribution in [0.25, 0.3) is 0 Å². The van der Waals surface area contributed by atoms with Crippen molar-refractivity contribution in [2.45, 2.75) is 206 Å². The Balaban J connectivity index is 0. The molecule has 0 saturated heterocycles. The van der Waals surface area contributed by atoms with Crippen LogP contribution in [-0.4, -0.2) is 127 Å². The van der Waals surface area contributed by atoms with E-state index in [1.54, 1.807) is 0 Å². The highest BCUT2D eigenvalue weighted by molar-refractivity contribution is 4.81. The monoisotopic (exact) mass is 892 g/mol. The smallest absolute Gasteiger partial charge is 0.157 e. The average molecular weight is 893 g/mol. The first kappa shape index (κ1) is 62.5. The predicted molar refractivity (Wildman–Crippen MR) is 253 cm³/mol. The lowest BCUT2D eigenvalue weighted by Crippen LogP contribution is -3.00. The lowest BCUT2D eigenvalue weighted by Gasteiger charge is -2.33. The number of likely N-dealkylation sites (N-methyl/N-ethyl adjacent to an activating group) is 1. The molecule has 0 fully saturated rings. The Bertz CT molecular complexity index is 865. The molecule has 0 heterocycles. The van der Waals surface area contributed by atoms with Crippen molar-refractivity contribution in [2.24, 2.45) is 0 Å². The zero-order chi connectivity index (χ0) is 43.7. The van der Waals surface area contributed by atoms with Crippen molar-refractivity contribution in [1.29, 1.82) is 0 Å². The van der Waals surface area contributed by atoms with Crippen molar-refractivity contribution in [3.63, 3.8) is 0 Å². The number of hydrogen-bond donors (Lipinski definition) is 2. The van der Waals surface area contributed by atoms with Gasteiger partial charge in [0.1, 0.15) is 12.6 Å². The van der Waals surface area contributed by atoms with Crippen molar-refractivity contribution in [3.8, 4) is 0 Å². The van der Waals surface area contributed by atoms with Gasteiger partial charge in [0.25, 0.3) is 0 Å². The minimum absolute atomic E-state index is 0. The number of unbranched alkanes of at least 4 members (excludes halogenated alkanes) is 22. The summed E-state index contributed by atoms with van der Waals surface area (Å²) >= 11 is 0. The second-order valence-corrected chi connectivity index (χ2v) is 17.6. The first-order valence-electron chi connectivity index (χ1n) is 25.4. The molecule has 0 aliphatic rings. The zero-order valence-corrected chi connectivity index (χ0v) is 41.4. The Morgan fingerprint density at radius 3 is 1.33 bits per heavy atom. The van der Waals surface area contributed by atoms with E-state index in [1.165, 1.54) is 141 Å². The van der Waals surface area contributed by atoms with E-state index in [-0.39, 0.29) is 38.0 Å². The molecule has 0 spiro atoms. The third-order valence-corrected chi connectivity index (χ3v) is 11.0. The highest BCUT2D eigenvalue weighted by atomic mass is 35.5. The first-order valence-corrected chi connectivity index (χ1v) is 25.4. The van der Waals surface area contributed by atoms with Crippen LogP contribution in [0.1, 0.15) is 194 Å². The summed E-state index contributed by atoms with van der Waals surface area (Å²) in [4.78, 5) is 0. The molecule has 61 heavy (non-hydrogen) atoms. The summed E-state index contributed by atoms with van der Waals surface area (Å²) in [5.74, 6) is 0. The summed E-state index contributed by atoms with van der Waals surface area (Å²) in [6, 6.07) is 0. The van der Waals surface area contributed by atoms with Crippen LogP contribution in [0.4, 0.5) is 0 Å². The van der Waals surface area contributed by atoms with Gasteiger partial charge in [-0.15, -0.1) is 0 Å². The molecule has 0 aliphatic heterocycles. The maximum Gasteiger partial charge on any atom is 0.157 e. The van der Waals surface area contributed by atoms with Crippen molar-refractivity contribution in [2.75, 3.05) is 99.9 Å². The van der Waals surface area contributed by atoms with Gasteiger partial charge >= 0.3 is 0 Å². The zero-order valence-electron chi connectivity index (χ0n) is 40.6. The van der Waals surface area contributed by atoms with Crippen LogP contribution in [0, 0.1) is 0 Å². The molecule has 0 aromatic rings. The maximum atomic E-state index is 8.95. The summed E-state index contributed by atoms with van der Waals surface area (Å²) in [5, 5.41) is 17.9. The van der Waals surface area contributed by atoms with Crippen LogP contribution in [0.3, 0.4) is 0 Å². The van der Waals surface area contributed by atoms with Crippen molar-refractivity contribution in [1.82, 2.24) is 0 Å². The van der Waals surface area contributed by atoms with Gasteiger partial charge in [-0.25, -0.2) is 0 Å². The van der Waals surface area contributed by atoms with Gasteiger partial charge in [-0.1, -0.05) is 141 Å². The van der Waals surface area contributed by atoms with Gasteiger partial charge in [-0.2, -0.15) is 0 Å². The number of halogens is 1. The fourth-order valence-electron chi connectivity index (χ4n) is 7.38. The number of quaternary nitrogens is 1. The molecule has 1 unspecified atom stereocenters. The van der Waals surface area contributed by atoms with Crippen molar-refractivity contribution < 1.29 is 55.5 Å². The first-order chi connectivity index (χ1) is 29.5. The number of nitrogens with zero attached hydrogens (tertiary/aromatic N) is 1. The Hall–Kier alpha value is -0.590. The fraction of sp³-hybridized carbons (Fsp3) is 0.922. The van der Waals surface area contributed by atoms with E-state index < -0.39 is 0 Å². The average Bonchev–Trinajstić information content (AvgIpc) is 3.24. The van der Waals surface area contributed by atoms with Crippen molar-refractivity contribution >= 4 is 0 Å². The van der Waals surface area contributed by atoms with Gasteiger partial charge in [0.15, 0.2) is 6.29 Å². The molecule has 0 radical (unpaired) electrons. The van der Waals surface area contributed by atoms with Gasteiger partial charge in [0.05, 0.1) is 80.1 Å². The molecule has 0 saturated carbocycles. The summed E-state index contributed by atoms with van der Waals surface area (Å²) in [5.41, 5.74) is 0. The summed E-state index contributed by atoms with van der Waals surface area (Å²) in [6.45, 7) is 11.2. The van der Waals surface area contributed by atoms with E-state index in [9.17, 15) is 0 Å². The summed E-state index contributed by atoms with van der Waals surface area (Å²) < 4.78 is 36.3. The van der Waals surface area contributed by atoms with Crippen LogP contribution in [-0.2, 0) is 28.4 Å². The number of aliphatic hydroxyl groups is 2. The normalized spacial score (nSPS) is 12.7. The number of allylic oxidation sites excluding steroid dienone is 4. The predicted octanol–water partition coefficient (Wildman–Crippen LogP) is 8.92. The molecule has 366 valence electrons. The number of ether oxygens (including phenoxy) is 6. The molecule has 0 aromatic heterocycles. The molecule has 0 amide bonds. The van der Waals surface area contributed by atoms with Gasteiger partial charge < -0.3 is 55.5 Å². The Morgan fingerprint density at radius 1 is 0.426 bits per heavy atom. The standard InChI is InChI=1S/C51H102NO8.ClH/c1-5-7-9-11-13-15-17-19-21-23-25-27-29-34-40-57-49-50(58-41-35-30-28-26-24-22-20-18-16-14-12-10-8-6-2)48-52(3,4)37-33-31-32-36-51(59-46-44-55-42-38-53)60-47-45-56-43-39-54;/h11-14,50-51,53-54H,5-10,15-49H2,1-4H3;1H/q+1;/p-1. The minimum Gasteiger partial charge on any atom is -1.00 e. The largest absolute Gasteiger partial charge is 1.00 e. The lowest BCUT2D eigenvalue weighted by molar-refractivity contribution is -0.893. The quantitative estimate of drug-likeness (QED) is 0.0271. The number of hydrogen-bond acceptors (Lipinski definition) is 8. The molecule has 0 bridgehead atoms. The molecule has 0 aliphatic carbocycles. The van der Waals surface area contributed by atoms with E-state index in [0.29, 0.717) is 46.2 Å². The van der Waals surface area contributed by atoms with Gasteiger partial charge in [-0.3, -0.25) is 0 Å². The molecule has 0 aromatic carbocycles. The van der Waals surface area contributed by atoms with E-state index in [2.05, 4.69) is 52.2 Å². The van der Waals surface area contributed by atoms with Crippen LogP contribution < -0.4 is 12.4 Å². The van der Waals surface area contributed by atoms with E-state index in [0.717, 1.165) is 69.3 Å². The SMILES string of the molecule is CCCCC=CCCCCCCCCCCOCC(C[N+](C)(C)CCCCCC(OCCOCCO)OCCOCCO)OCCCCCCCCCCC=CCCCC.[Cl-]. The molecular formula is C51H102ClNO8. The Morgan fingerprint density at radius 2 is 0.852 bits per heavy atom. The molecule has 9 nitrogen and oxygen atoms in total. The van der Waals surface area contributed by atoms with Gasteiger partial charge in [0.2, 0.25) is 0 Å². The summed E-state index contributed by atoms with van der Waals surface area (Å²) in [7, 11) is 4.66. The van der Waals surface area contributed by atoms with Crippen molar-refractivity contribution in [3.05, 3.63) is 24.3 Å². The second-order valence-electron chi connectivity index (χ2n) is 17.6. The molecular weight excluding hydrogens is 790 g/mol. The third kappa shape index (κ3) is 50.3. The Labute approximate surface area is 384 Å². The van der Waals surface area contributed by atoms with E-state index >= 15 is 0 Å². The Kier molecular flexibility index (Phi) is 53.3. The fourth-order valence-corrected chi connectivity index (χ4v) is 7.38. The van der Waals surface area contributed by atoms with Gasteiger partial charge in [0, 0.05) is 13.2 Å². The lowest BCUT2D eigenvalue weighted by atomic mass is 10.1. The van der Waals surface area contributed by atoms with E-state index in [4.69, 9.17) is 38.6 Å².